The topological polar surface area (TPSA) is 67.9 Å². The predicted octanol–water partition coefficient (Wildman–Crippen LogP) is 0.194. The first kappa shape index (κ1) is 18.7. The molecule has 2 fully saturated rings. The molecule has 1 aromatic carbocycles. The van der Waals surface area contributed by atoms with E-state index in [1.54, 1.807) is 0 Å². The molecule has 7 nitrogen and oxygen atoms in total. The predicted molar refractivity (Wildman–Crippen MR) is 105 cm³/mol. The van der Waals surface area contributed by atoms with E-state index in [1.165, 1.54) is 5.56 Å². The maximum absolute atomic E-state index is 12.9. The Hall–Kier alpha value is -1.67. The Labute approximate surface area is 164 Å². The fraction of sp³-hybridized carbons (Fsp3) is 0.579. The largest absolute Gasteiger partial charge is 0.311 e. The van der Waals surface area contributed by atoms with E-state index in [1.807, 2.05) is 23.1 Å². The van der Waals surface area contributed by atoms with Gasteiger partial charge in [0.2, 0.25) is 5.91 Å². The third-order valence-corrected chi connectivity index (χ3v) is 6.25. The van der Waals surface area contributed by atoms with Crippen LogP contribution in [0.25, 0.3) is 0 Å². The van der Waals surface area contributed by atoms with Gasteiger partial charge in [-0.3, -0.25) is 24.8 Å². The van der Waals surface area contributed by atoms with E-state index in [0.29, 0.717) is 13.1 Å². The van der Waals surface area contributed by atoms with E-state index in [0.717, 1.165) is 51.3 Å². The summed E-state index contributed by atoms with van der Waals surface area (Å²) in [5, 5.41) is -0.538. The molecular formula is C19H26ClN5O2. The third-order valence-electron chi connectivity index (χ3n) is 5.76. The Balaban J connectivity index is 1.32. The molecule has 146 valence electrons. The Kier molecular flexibility index (Phi) is 5.63. The van der Waals surface area contributed by atoms with Crippen LogP contribution in [-0.2, 0) is 16.0 Å². The zero-order chi connectivity index (χ0) is 18.8. The number of piperazine rings is 1. The van der Waals surface area contributed by atoms with E-state index >= 15 is 0 Å². The van der Waals surface area contributed by atoms with Gasteiger partial charge in [-0.15, -0.1) is 11.6 Å². The van der Waals surface area contributed by atoms with Crippen LogP contribution in [0.1, 0.15) is 12.0 Å². The minimum absolute atomic E-state index is 0.00719. The molecule has 0 radical (unpaired) electrons. The number of hydrazine groups is 1. The lowest BCUT2D eigenvalue weighted by atomic mass is 10.0. The summed E-state index contributed by atoms with van der Waals surface area (Å²) in [4.78, 5) is 31.0. The Bertz CT molecular complexity index is 707. The maximum Gasteiger partial charge on any atom is 0.253 e. The lowest BCUT2D eigenvalue weighted by molar-refractivity contribution is -0.125. The smallest absolute Gasteiger partial charge is 0.253 e. The van der Waals surface area contributed by atoms with E-state index < -0.39 is 5.38 Å². The normalized spacial score (nSPS) is 27.1. The van der Waals surface area contributed by atoms with Crippen LogP contribution in [0, 0.1) is 0 Å². The van der Waals surface area contributed by atoms with Crippen LogP contribution in [0.3, 0.4) is 0 Å². The number of carbonyl (C=O) groups is 2. The van der Waals surface area contributed by atoms with Gasteiger partial charge in [-0.2, -0.15) is 0 Å². The summed E-state index contributed by atoms with van der Waals surface area (Å²) in [6, 6.07) is 8.19. The number of carbonyl (C=O) groups excluding carboxylic acids is 2. The lowest BCUT2D eigenvalue weighted by Crippen LogP contribution is -2.64. The molecule has 0 bridgehead atoms. The molecule has 4 rings (SSSR count). The summed E-state index contributed by atoms with van der Waals surface area (Å²) in [7, 11) is 0. The highest BCUT2D eigenvalue weighted by Crippen LogP contribution is 2.27. The molecule has 2 atom stereocenters. The quantitative estimate of drug-likeness (QED) is 0.720. The molecule has 2 saturated heterocycles. The molecule has 0 aliphatic carbocycles. The standard InChI is InChI=1S/C19H26ClN5O2/c20-18-16(12-21-22-19(18)27)24-10-8-23(9-11-24)13-17(26)25-7-3-5-14-4-1-2-6-15(14)25/h1-2,4,6,16,18,21H,3,5,7-13H2,(H,22,27). The zero-order valence-electron chi connectivity index (χ0n) is 15.4. The summed E-state index contributed by atoms with van der Waals surface area (Å²) in [6.07, 6.45) is 2.06. The van der Waals surface area contributed by atoms with Gasteiger partial charge in [0.15, 0.2) is 0 Å². The molecular weight excluding hydrogens is 366 g/mol. The van der Waals surface area contributed by atoms with Crippen molar-refractivity contribution < 1.29 is 9.59 Å². The van der Waals surface area contributed by atoms with Gasteiger partial charge in [0.05, 0.1) is 6.54 Å². The molecule has 0 aromatic heterocycles. The maximum atomic E-state index is 12.9. The zero-order valence-corrected chi connectivity index (χ0v) is 16.1. The number of halogens is 1. The van der Waals surface area contributed by atoms with Crippen LogP contribution in [-0.4, -0.2) is 78.8 Å². The number of hydrogen-bond donors (Lipinski definition) is 2. The number of fused-ring (bicyclic) bond motifs is 1. The van der Waals surface area contributed by atoms with Crippen LogP contribution in [0.4, 0.5) is 5.69 Å². The number of rotatable bonds is 3. The summed E-state index contributed by atoms with van der Waals surface area (Å²) in [5.74, 6) is -0.00109. The number of hydrogen-bond acceptors (Lipinski definition) is 5. The van der Waals surface area contributed by atoms with Gasteiger partial charge < -0.3 is 4.90 Å². The van der Waals surface area contributed by atoms with Gasteiger partial charge in [0.1, 0.15) is 5.38 Å². The van der Waals surface area contributed by atoms with Gasteiger partial charge in [-0.05, 0) is 24.5 Å². The molecule has 3 heterocycles. The highest BCUT2D eigenvalue weighted by Gasteiger charge is 2.36. The van der Waals surface area contributed by atoms with Crippen LogP contribution in [0.2, 0.25) is 0 Å². The number of aryl methyl sites for hydroxylation is 1. The fourth-order valence-electron chi connectivity index (χ4n) is 4.23. The van der Waals surface area contributed by atoms with Crippen LogP contribution >= 0.6 is 11.6 Å². The number of nitrogens with one attached hydrogen (secondary N) is 2. The van der Waals surface area contributed by atoms with Crippen LogP contribution in [0.5, 0.6) is 0 Å². The lowest BCUT2D eigenvalue weighted by Gasteiger charge is -2.42. The van der Waals surface area contributed by atoms with Gasteiger partial charge in [-0.1, -0.05) is 18.2 Å². The summed E-state index contributed by atoms with van der Waals surface area (Å²) >= 11 is 6.27. The summed E-state index contributed by atoms with van der Waals surface area (Å²) < 4.78 is 0. The number of amides is 2. The second kappa shape index (κ2) is 8.14. The first-order chi connectivity index (χ1) is 13.1. The Morgan fingerprint density at radius 2 is 1.93 bits per heavy atom. The Morgan fingerprint density at radius 1 is 1.15 bits per heavy atom. The van der Waals surface area contributed by atoms with E-state index in [9.17, 15) is 9.59 Å². The van der Waals surface area contributed by atoms with E-state index in [2.05, 4.69) is 26.7 Å². The van der Waals surface area contributed by atoms with Crippen molar-refractivity contribution in [2.24, 2.45) is 0 Å². The molecule has 8 heteroatoms. The van der Waals surface area contributed by atoms with Gasteiger partial charge in [0, 0.05) is 51.0 Å². The van der Waals surface area contributed by atoms with Crippen LogP contribution < -0.4 is 15.8 Å². The molecule has 2 N–H and O–H groups in total. The third kappa shape index (κ3) is 3.96. The Morgan fingerprint density at radius 3 is 2.74 bits per heavy atom. The molecule has 3 aliphatic rings. The van der Waals surface area contributed by atoms with Gasteiger partial charge in [-0.25, -0.2) is 5.43 Å². The molecule has 1 aromatic rings. The molecule has 3 aliphatic heterocycles. The van der Waals surface area contributed by atoms with Crippen molar-refractivity contribution in [3.05, 3.63) is 29.8 Å². The minimum Gasteiger partial charge on any atom is -0.311 e. The molecule has 2 unspecified atom stereocenters. The fourth-order valence-corrected chi connectivity index (χ4v) is 4.53. The summed E-state index contributed by atoms with van der Waals surface area (Å²) in [6.45, 7) is 5.12. The monoisotopic (exact) mass is 391 g/mol. The molecule has 0 saturated carbocycles. The van der Waals surface area contributed by atoms with E-state index in [-0.39, 0.29) is 17.9 Å². The van der Waals surface area contributed by atoms with Crippen molar-refractivity contribution in [3.8, 4) is 0 Å². The SMILES string of the molecule is O=C1NNCC(N2CCN(CC(=O)N3CCCc4ccccc43)CC2)C1Cl. The number of para-hydroxylation sites is 1. The highest BCUT2D eigenvalue weighted by atomic mass is 35.5. The second-order valence-corrected chi connectivity index (χ2v) is 7.90. The number of nitrogens with zero attached hydrogens (tertiary/aromatic N) is 3. The number of benzene rings is 1. The van der Waals surface area contributed by atoms with Crippen molar-refractivity contribution in [3.63, 3.8) is 0 Å². The summed E-state index contributed by atoms with van der Waals surface area (Å²) in [5.41, 5.74) is 7.81. The van der Waals surface area contributed by atoms with Gasteiger partial charge in [0.25, 0.3) is 5.91 Å². The highest BCUT2D eigenvalue weighted by molar-refractivity contribution is 6.31. The first-order valence-corrected chi connectivity index (χ1v) is 10.1. The average Bonchev–Trinajstić information content (AvgIpc) is 2.70. The minimum atomic E-state index is -0.538. The van der Waals surface area contributed by atoms with Crippen molar-refractivity contribution in [2.45, 2.75) is 24.3 Å². The number of anilines is 1. The van der Waals surface area contributed by atoms with E-state index in [4.69, 9.17) is 11.6 Å². The average molecular weight is 392 g/mol. The second-order valence-electron chi connectivity index (χ2n) is 7.43. The van der Waals surface area contributed by atoms with Gasteiger partial charge >= 0.3 is 0 Å². The molecule has 0 spiro atoms. The molecule has 2 amide bonds. The number of alkyl halides is 1. The first-order valence-electron chi connectivity index (χ1n) is 9.65. The van der Waals surface area contributed by atoms with Crippen molar-refractivity contribution in [1.82, 2.24) is 20.7 Å². The van der Waals surface area contributed by atoms with Crippen LogP contribution in [0.15, 0.2) is 24.3 Å². The van der Waals surface area contributed by atoms with Crippen molar-refractivity contribution >= 4 is 29.1 Å². The van der Waals surface area contributed by atoms with Crippen molar-refractivity contribution in [2.75, 3.05) is 50.7 Å². The molecule has 27 heavy (non-hydrogen) atoms. The van der Waals surface area contributed by atoms with Crippen molar-refractivity contribution in [1.29, 1.82) is 0 Å².